The standard InChI is InChI=1S/C21H23ClN4O3S/c1-4-26-20(14(2)29-18-8-6-5-7-17(18)22)24-25-21(26)30-13-19(27)23-15-9-11-16(28-3)12-10-15/h5-12,14H,4,13H2,1-3H3,(H,23,27). The Labute approximate surface area is 184 Å². The molecule has 0 bridgehead atoms. The number of carbonyl (C=O) groups excluding carboxylic acids is 1. The van der Waals surface area contributed by atoms with E-state index in [9.17, 15) is 4.79 Å². The molecule has 1 atom stereocenters. The third kappa shape index (κ3) is 5.46. The lowest BCUT2D eigenvalue weighted by molar-refractivity contribution is -0.113. The molecule has 1 aromatic heterocycles. The first-order valence-corrected chi connectivity index (χ1v) is 10.8. The number of ether oxygens (including phenoxy) is 2. The molecule has 1 unspecified atom stereocenters. The van der Waals surface area contributed by atoms with Gasteiger partial charge < -0.3 is 19.4 Å². The van der Waals surface area contributed by atoms with Crippen molar-refractivity contribution in [3.05, 3.63) is 59.4 Å². The molecule has 0 aliphatic rings. The second kappa shape index (κ2) is 10.4. The number of benzene rings is 2. The number of amides is 1. The number of thioether (sulfide) groups is 1. The Kier molecular flexibility index (Phi) is 7.59. The second-order valence-corrected chi connectivity index (χ2v) is 7.69. The zero-order chi connectivity index (χ0) is 21.5. The summed E-state index contributed by atoms with van der Waals surface area (Å²) in [5.41, 5.74) is 0.709. The summed E-state index contributed by atoms with van der Waals surface area (Å²) in [6, 6.07) is 14.5. The highest BCUT2D eigenvalue weighted by atomic mass is 35.5. The van der Waals surface area contributed by atoms with Crippen LogP contribution in [-0.2, 0) is 11.3 Å². The van der Waals surface area contributed by atoms with Crippen LogP contribution >= 0.6 is 23.4 Å². The van der Waals surface area contributed by atoms with E-state index in [1.807, 2.05) is 36.6 Å². The van der Waals surface area contributed by atoms with Crippen LogP contribution in [0.25, 0.3) is 0 Å². The SMILES string of the molecule is CCn1c(SCC(=O)Nc2ccc(OC)cc2)nnc1C(C)Oc1ccccc1Cl. The molecule has 1 amide bonds. The van der Waals surface area contributed by atoms with Crippen molar-refractivity contribution in [3.8, 4) is 11.5 Å². The molecular formula is C21H23ClN4O3S. The summed E-state index contributed by atoms with van der Waals surface area (Å²) in [7, 11) is 1.60. The van der Waals surface area contributed by atoms with Gasteiger partial charge in [-0.15, -0.1) is 10.2 Å². The van der Waals surface area contributed by atoms with Crippen LogP contribution < -0.4 is 14.8 Å². The molecule has 1 heterocycles. The first-order valence-electron chi connectivity index (χ1n) is 9.42. The average molecular weight is 447 g/mol. The first kappa shape index (κ1) is 22.0. The van der Waals surface area contributed by atoms with Crippen molar-refractivity contribution in [2.75, 3.05) is 18.2 Å². The van der Waals surface area contributed by atoms with E-state index in [2.05, 4.69) is 15.5 Å². The topological polar surface area (TPSA) is 78.3 Å². The van der Waals surface area contributed by atoms with Crippen LogP contribution in [0.15, 0.2) is 53.7 Å². The maximum atomic E-state index is 12.3. The van der Waals surface area contributed by atoms with E-state index in [1.54, 1.807) is 37.4 Å². The number of halogens is 1. The minimum absolute atomic E-state index is 0.127. The summed E-state index contributed by atoms with van der Waals surface area (Å²) < 4.78 is 13.0. The maximum absolute atomic E-state index is 12.3. The summed E-state index contributed by atoms with van der Waals surface area (Å²) >= 11 is 7.50. The summed E-state index contributed by atoms with van der Waals surface area (Å²) in [6.45, 7) is 4.54. The lowest BCUT2D eigenvalue weighted by Crippen LogP contribution is -2.15. The molecule has 0 fully saturated rings. The monoisotopic (exact) mass is 446 g/mol. The van der Waals surface area contributed by atoms with Crippen molar-refractivity contribution < 1.29 is 14.3 Å². The summed E-state index contributed by atoms with van der Waals surface area (Å²) in [6.07, 6.45) is -0.347. The fourth-order valence-electron chi connectivity index (χ4n) is 2.79. The highest BCUT2D eigenvalue weighted by molar-refractivity contribution is 7.99. The van der Waals surface area contributed by atoms with Crippen molar-refractivity contribution in [2.45, 2.75) is 31.7 Å². The van der Waals surface area contributed by atoms with Crippen molar-refractivity contribution in [2.24, 2.45) is 0 Å². The fourth-order valence-corrected chi connectivity index (χ4v) is 3.78. The lowest BCUT2D eigenvalue weighted by Gasteiger charge is -2.16. The van der Waals surface area contributed by atoms with Crippen molar-refractivity contribution in [1.82, 2.24) is 14.8 Å². The number of hydrogen-bond donors (Lipinski definition) is 1. The van der Waals surface area contributed by atoms with Crippen LogP contribution in [-0.4, -0.2) is 33.5 Å². The molecule has 0 saturated heterocycles. The summed E-state index contributed by atoms with van der Waals surface area (Å²) in [4.78, 5) is 12.3. The number of nitrogens with one attached hydrogen (secondary N) is 1. The lowest BCUT2D eigenvalue weighted by atomic mass is 10.3. The third-order valence-corrected chi connectivity index (χ3v) is 5.55. The van der Waals surface area contributed by atoms with Crippen LogP contribution in [0.5, 0.6) is 11.5 Å². The van der Waals surface area contributed by atoms with E-state index in [-0.39, 0.29) is 17.8 Å². The number of aromatic nitrogens is 3. The molecule has 0 radical (unpaired) electrons. The van der Waals surface area contributed by atoms with Gasteiger partial charge in [0, 0.05) is 12.2 Å². The number of nitrogens with zero attached hydrogens (tertiary/aromatic N) is 3. The normalized spacial score (nSPS) is 11.7. The molecule has 0 spiro atoms. The third-order valence-electron chi connectivity index (χ3n) is 4.27. The molecule has 0 aliphatic heterocycles. The predicted octanol–water partition coefficient (Wildman–Crippen LogP) is 4.83. The molecule has 9 heteroatoms. The van der Waals surface area contributed by atoms with Crippen LogP contribution in [0, 0.1) is 0 Å². The molecule has 0 saturated carbocycles. The zero-order valence-electron chi connectivity index (χ0n) is 17.0. The minimum Gasteiger partial charge on any atom is -0.497 e. The van der Waals surface area contributed by atoms with E-state index < -0.39 is 0 Å². The molecule has 30 heavy (non-hydrogen) atoms. The van der Waals surface area contributed by atoms with Gasteiger partial charge >= 0.3 is 0 Å². The highest BCUT2D eigenvalue weighted by Gasteiger charge is 2.20. The van der Waals surface area contributed by atoms with Gasteiger partial charge in [0.05, 0.1) is 17.9 Å². The number of para-hydroxylation sites is 1. The van der Waals surface area contributed by atoms with Gasteiger partial charge in [0.25, 0.3) is 0 Å². The van der Waals surface area contributed by atoms with E-state index in [0.717, 1.165) is 5.75 Å². The quantitative estimate of drug-likeness (QED) is 0.474. The van der Waals surface area contributed by atoms with Crippen molar-refractivity contribution in [1.29, 1.82) is 0 Å². The van der Waals surface area contributed by atoms with Crippen LogP contribution in [0.2, 0.25) is 5.02 Å². The van der Waals surface area contributed by atoms with Crippen LogP contribution in [0.1, 0.15) is 25.8 Å². The number of hydrogen-bond acceptors (Lipinski definition) is 6. The van der Waals surface area contributed by atoms with Gasteiger partial charge in [0.15, 0.2) is 17.1 Å². The molecule has 7 nitrogen and oxygen atoms in total. The van der Waals surface area contributed by atoms with Gasteiger partial charge in [-0.05, 0) is 50.2 Å². The molecule has 0 aliphatic carbocycles. The Bertz CT molecular complexity index is 994. The largest absolute Gasteiger partial charge is 0.497 e. The Balaban J connectivity index is 1.62. The Hall–Kier alpha value is -2.71. The molecule has 3 aromatic rings. The van der Waals surface area contributed by atoms with Gasteiger partial charge in [0.2, 0.25) is 5.91 Å². The van der Waals surface area contributed by atoms with Crippen molar-refractivity contribution >= 4 is 35.0 Å². The van der Waals surface area contributed by atoms with E-state index >= 15 is 0 Å². The predicted molar refractivity (Wildman–Crippen MR) is 119 cm³/mol. The minimum atomic E-state index is -0.347. The van der Waals surface area contributed by atoms with Crippen LogP contribution in [0.4, 0.5) is 5.69 Å². The van der Waals surface area contributed by atoms with E-state index in [4.69, 9.17) is 21.1 Å². The highest BCUT2D eigenvalue weighted by Crippen LogP contribution is 2.29. The Morgan fingerprint density at radius 1 is 1.20 bits per heavy atom. The smallest absolute Gasteiger partial charge is 0.234 e. The van der Waals surface area contributed by atoms with Gasteiger partial charge in [0.1, 0.15) is 11.5 Å². The van der Waals surface area contributed by atoms with Gasteiger partial charge in [-0.1, -0.05) is 35.5 Å². The molecule has 1 N–H and O–H groups in total. The number of carbonyl (C=O) groups is 1. The summed E-state index contributed by atoms with van der Waals surface area (Å²) in [5, 5.41) is 12.6. The molecule has 3 rings (SSSR count). The van der Waals surface area contributed by atoms with E-state index in [1.165, 1.54) is 11.8 Å². The molecule has 2 aromatic carbocycles. The number of rotatable bonds is 9. The maximum Gasteiger partial charge on any atom is 0.234 e. The zero-order valence-corrected chi connectivity index (χ0v) is 18.5. The van der Waals surface area contributed by atoms with Gasteiger partial charge in [-0.3, -0.25) is 4.79 Å². The fraction of sp³-hybridized carbons (Fsp3) is 0.286. The second-order valence-electron chi connectivity index (χ2n) is 6.34. The molecular weight excluding hydrogens is 424 g/mol. The first-order chi connectivity index (χ1) is 14.5. The van der Waals surface area contributed by atoms with Crippen molar-refractivity contribution in [3.63, 3.8) is 0 Å². The number of anilines is 1. The number of methoxy groups -OCH3 is 1. The van der Waals surface area contributed by atoms with Gasteiger partial charge in [-0.25, -0.2) is 0 Å². The Morgan fingerprint density at radius 2 is 1.93 bits per heavy atom. The van der Waals surface area contributed by atoms with Crippen LogP contribution in [0.3, 0.4) is 0 Å². The Morgan fingerprint density at radius 3 is 2.60 bits per heavy atom. The van der Waals surface area contributed by atoms with Gasteiger partial charge in [-0.2, -0.15) is 0 Å². The van der Waals surface area contributed by atoms with E-state index in [0.29, 0.717) is 34.0 Å². The molecule has 158 valence electrons. The summed E-state index contributed by atoms with van der Waals surface area (Å²) in [5.74, 6) is 2.09. The average Bonchev–Trinajstić information content (AvgIpc) is 3.17.